The first-order chi connectivity index (χ1) is 11.1. The molecular weight excluding hydrogens is 335 g/mol. The molecule has 1 atom stereocenters. The quantitative estimate of drug-likeness (QED) is 0.722. The molecule has 0 heterocycles. The molecule has 132 valence electrons. The summed E-state index contributed by atoms with van der Waals surface area (Å²) in [6.07, 6.45) is -6.10. The third kappa shape index (κ3) is 4.86. The summed E-state index contributed by atoms with van der Waals surface area (Å²) < 4.78 is 46.5. The second kappa shape index (κ2) is 7.66. The van der Waals surface area contributed by atoms with Gasteiger partial charge in [0.15, 0.2) is 17.3 Å². The third-order valence-corrected chi connectivity index (χ3v) is 2.96. The maximum Gasteiger partial charge on any atom is 0.471 e. The fraction of sp³-hybridized carbons (Fsp3) is 0.357. The molecule has 1 aromatic carbocycles. The molecular formula is C14H14F3NO6. The summed E-state index contributed by atoms with van der Waals surface area (Å²) in [5, 5.41) is 10.2. The maximum absolute atomic E-state index is 12.2. The van der Waals surface area contributed by atoms with Gasteiger partial charge >= 0.3 is 18.1 Å². The van der Waals surface area contributed by atoms with Crippen molar-refractivity contribution in [3.8, 4) is 11.5 Å². The Morgan fingerprint density at radius 1 is 1.17 bits per heavy atom. The number of nitrogens with one attached hydrogen (secondary N) is 1. The number of amides is 1. The van der Waals surface area contributed by atoms with Crippen LogP contribution < -0.4 is 14.8 Å². The van der Waals surface area contributed by atoms with E-state index in [2.05, 4.69) is 0 Å². The van der Waals surface area contributed by atoms with Crippen molar-refractivity contribution in [2.45, 2.75) is 18.6 Å². The number of carbonyl (C=O) groups is 3. The minimum atomic E-state index is -5.25. The van der Waals surface area contributed by atoms with E-state index in [1.54, 1.807) is 0 Å². The number of rotatable bonds is 7. The van der Waals surface area contributed by atoms with Crippen LogP contribution in [0.2, 0.25) is 0 Å². The van der Waals surface area contributed by atoms with Gasteiger partial charge in [-0.25, -0.2) is 4.79 Å². The Morgan fingerprint density at radius 2 is 1.75 bits per heavy atom. The lowest BCUT2D eigenvalue weighted by Crippen LogP contribution is -2.47. The van der Waals surface area contributed by atoms with Crippen molar-refractivity contribution in [3.63, 3.8) is 0 Å². The summed E-state index contributed by atoms with van der Waals surface area (Å²) >= 11 is 0. The van der Waals surface area contributed by atoms with Gasteiger partial charge in [0.1, 0.15) is 6.04 Å². The number of halogens is 3. The van der Waals surface area contributed by atoms with Gasteiger partial charge in [-0.3, -0.25) is 9.59 Å². The van der Waals surface area contributed by atoms with E-state index in [0.717, 1.165) is 0 Å². The van der Waals surface area contributed by atoms with E-state index < -0.39 is 36.3 Å². The summed E-state index contributed by atoms with van der Waals surface area (Å²) in [5.74, 6) is -4.48. The molecule has 0 bridgehead atoms. The van der Waals surface area contributed by atoms with E-state index in [9.17, 15) is 27.6 Å². The van der Waals surface area contributed by atoms with Crippen molar-refractivity contribution in [3.05, 3.63) is 23.8 Å². The standard InChI is InChI=1S/C14H14F3NO6/c1-23-10-4-3-7(5-11(10)24-2)9(19)6-8(12(20)21)18-13(22)14(15,16)17/h3-5,8H,6H2,1-2H3,(H,18,22)(H,20,21). The number of carboxylic acid groups (broad SMARTS) is 1. The highest BCUT2D eigenvalue weighted by Gasteiger charge is 2.41. The highest BCUT2D eigenvalue weighted by molar-refractivity contribution is 6.00. The van der Waals surface area contributed by atoms with Crippen LogP contribution in [0.4, 0.5) is 13.2 Å². The normalized spacial score (nSPS) is 12.2. The number of alkyl halides is 3. The number of hydrogen-bond donors (Lipinski definition) is 2. The molecule has 24 heavy (non-hydrogen) atoms. The number of ketones is 1. The predicted octanol–water partition coefficient (Wildman–Crippen LogP) is 1.41. The molecule has 0 fully saturated rings. The monoisotopic (exact) mass is 349 g/mol. The van der Waals surface area contributed by atoms with Crippen molar-refractivity contribution < 1.29 is 42.1 Å². The first-order valence-corrected chi connectivity index (χ1v) is 6.45. The molecule has 0 aliphatic heterocycles. The molecule has 1 rings (SSSR count). The molecule has 2 N–H and O–H groups in total. The highest BCUT2D eigenvalue weighted by Crippen LogP contribution is 2.28. The Labute approximate surface area is 134 Å². The largest absolute Gasteiger partial charge is 0.493 e. The minimum Gasteiger partial charge on any atom is -0.493 e. The Bertz CT molecular complexity index is 644. The lowest BCUT2D eigenvalue weighted by molar-refractivity contribution is -0.175. The van der Waals surface area contributed by atoms with Gasteiger partial charge in [-0.05, 0) is 18.2 Å². The number of methoxy groups -OCH3 is 2. The zero-order valence-corrected chi connectivity index (χ0v) is 12.6. The van der Waals surface area contributed by atoms with Crippen LogP contribution in [0.5, 0.6) is 11.5 Å². The average molecular weight is 349 g/mol. The fourth-order valence-electron chi connectivity index (χ4n) is 1.75. The second-order valence-corrected chi connectivity index (χ2v) is 4.56. The van der Waals surface area contributed by atoms with E-state index in [1.165, 1.54) is 37.7 Å². The summed E-state index contributed by atoms with van der Waals surface area (Å²) in [6.45, 7) is 0. The van der Waals surface area contributed by atoms with Gasteiger partial charge in [-0.1, -0.05) is 0 Å². The second-order valence-electron chi connectivity index (χ2n) is 4.56. The van der Waals surface area contributed by atoms with E-state index in [-0.39, 0.29) is 11.3 Å². The van der Waals surface area contributed by atoms with Crippen LogP contribution in [-0.4, -0.2) is 49.2 Å². The molecule has 0 saturated heterocycles. The van der Waals surface area contributed by atoms with Gasteiger partial charge < -0.3 is 19.9 Å². The summed E-state index contributed by atoms with van der Waals surface area (Å²) in [5.41, 5.74) is 0.000146. The van der Waals surface area contributed by atoms with Crippen molar-refractivity contribution in [2.75, 3.05) is 14.2 Å². The number of carboxylic acids is 1. The molecule has 0 aliphatic carbocycles. The van der Waals surface area contributed by atoms with Crippen molar-refractivity contribution in [1.29, 1.82) is 0 Å². The lowest BCUT2D eigenvalue weighted by Gasteiger charge is -2.15. The van der Waals surface area contributed by atoms with Crippen LogP contribution in [0.1, 0.15) is 16.8 Å². The molecule has 1 unspecified atom stereocenters. The number of aliphatic carboxylic acids is 1. The van der Waals surface area contributed by atoms with Gasteiger partial charge in [0.05, 0.1) is 14.2 Å². The number of ether oxygens (including phenoxy) is 2. The topological polar surface area (TPSA) is 102 Å². The molecule has 0 saturated carbocycles. The Hall–Kier alpha value is -2.78. The lowest BCUT2D eigenvalue weighted by atomic mass is 10.0. The zero-order chi connectivity index (χ0) is 18.5. The Morgan fingerprint density at radius 3 is 2.21 bits per heavy atom. The Kier molecular flexibility index (Phi) is 6.15. The number of hydrogen-bond acceptors (Lipinski definition) is 5. The summed E-state index contributed by atoms with van der Waals surface area (Å²) in [6, 6.07) is 1.93. The molecule has 1 aromatic rings. The highest BCUT2D eigenvalue weighted by atomic mass is 19.4. The Balaban J connectivity index is 2.93. The van der Waals surface area contributed by atoms with Gasteiger partial charge in [-0.15, -0.1) is 0 Å². The van der Waals surface area contributed by atoms with Gasteiger partial charge in [-0.2, -0.15) is 13.2 Å². The third-order valence-electron chi connectivity index (χ3n) is 2.96. The van der Waals surface area contributed by atoms with E-state index in [1.807, 2.05) is 0 Å². The van der Waals surface area contributed by atoms with Crippen LogP contribution in [-0.2, 0) is 9.59 Å². The molecule has 1 amide bonds. The van der Waals surface area contributed by atoms with Crippen LogP contribution in [0.25, 0.3) is 0 Å². The van der Waals surface area contributed by atoms with Gasteiger partial charge in [0.25, 0.3) is 0 Å². The number of Topliss-reactive ketones (excluding diaryl/α,β-unsaturated/α-hetero) is 1. The van der Waals surface area contributed by atoms with Gasteiger partial charge in [0, 0.05) is 12.0 Å². The van der Waals surface area contributed by atoms with Crippen molar-refractivity contribution in [2.24, 2.45) is 0 Å². The molecule has 0 aromatic heterocycles. The van der Waals surface area contributed by atoms with E-state index in [4.69, 9.17) is 14.6 Å². The number of carbonyl (C=O) groups excluding carboxylic acids is 2. The molecule has 7 nitrogen and oxygen atoms in total. The first-order valence-electron chi connectivity index (χ1n) is 6.45. The maximum atomic E-state index is 12.2. The number of benzene rings is 1. The minimum absolute atomic E-state index is 0.000146. The molecule has 0 spiro atoms. The van der Waals surface area contributed by atoms with Crippen LogP contribution in [0.15, 0.2) is 18.2 Å². The first kappa shape index (κ1) is 19.3. The molecule has 0 radical (unpaired) electrons. The average Bonchev–Trinajstić information content (AvgIpc) is 2.52. The smallest absolute Gasteiger partial charge is 0.471 e. The summed E-state index contributed by atoms with van der Waals surface area (Å²) in [4.78, 5) is 33.9. The van der Waals surface area contributed by atoms with Gasteiger partial charge in [0.2, 0.25) is 0 Å². The zero-order valence-electron chi connectivity index (χ0n) is 12.6. The van der Waals surface area contributed by atoms with E-state index >= 15 is 0 Å². The van der Waals surface area contributed by atoms with E-state index in [0.29, 0.717) is 5.75 Å². The SMILES string of the molecule is COc1ccc(C(=O)CC(NC(=O)C(F)(F)F)C(=O)O)cc1OC. The van der Waals surface area contributed by atoms with Crippen molar-refractivity contribution >= 4 is 17.7 Å². The van der Waals surface area contributed by atoms with Crippen molar-refractivity contribution in [1.82, 2.24) is 5.32 Å². The van der Waals surface area contributed by atoms with Crippen LogP contribution >= 0.6 is 0 Å². The molecule has 10 heteroatoms. The van der Waals surface area contributed by atoms with Crippen LogP contribution in [0, 0.1) is 0 Å². The van der Waals surface area contributed by atoms with Crippen LogP contribution in [0.3, 0.4) is 0 Å². The fourth-order valence-corrected chi connectivity index (χ4v) is 1.75. The predicted molar refractivity (Wildman–Crippen MR) is 74.1 cm³/mol. The summed E-state index contributed by atoms with van der Waals surface area (Å²) in [7, 11) is 2.68. The molecule has 0 aliphatic rings.